The molecule has 0 saturated carbocycles. The van der Waals surface area contributed by atoms with Gasteiger partial charge < -0.3 is 10.1 Å². The zero-order valence-corrected chi connectivity index (χ0v) is 18.6. The molecule has 1 aromatic carbocycles. The lowest BCUT2D eigenvalue weighted by molar-refractivity contribution is -0.126. The third-order valence-corrected chi connectivity index (χ3v) is 5.50. The minimum absolute atomic E-state index is 0.201. The van der Waals surface area contributed by atoms with Crippen molar-refractivity contribution in [2.45, 2.75) is 31.7 Å². The van der Waals surface area contributed by atoms with E-state index < -0.39 is 11.0 Å². The summed E-state index contributed by atoms with van der Waals surface area (Å²) in [5.74, 6) is 0.434. The molecule has 1 atom stereocenters. The SMILES string of the molecule is CSC(Oc1cc(C)c2ncc(Br)cc2c1)C(=O)NC(C)(C)c1ccccn1. The molecule has 0 aliphatic carbocycles. The van der Waals surface area contributed by atoms with Gasteiger partial charge in [0, 0.05) is 22.3 Å². The lowest BCUT2D eigenvalue weighted by Gasteiger charge is -2.28. The number of amides is 1. The van der Waals surface area contributed by atoms with Gasteiger partial charge in [0.25, 0.3) is 5.91 Å². The molecule has 0 aliphatic heterocycles. The van der Waals surface area contributed by atoms with Gasteiger partial charge in [-0.2, -0.15) is 0 Å². The van der Waals surface area contributed by atoms with Crippen LogP contribution in [0.3, 0.4) is 0 Å². The molecule has 0 saturated heterocycles. The highest BCUT2D eigenvalue weighted by atomic mass is 79.9. The van der Waals surface area contributed by atoms with Crippen LogP contribution in [-0.2, 0) is 10.3 Å². The lowest BCUT2D eigenvalue weighted by Crippen LogP contribution is -2.47. The lowest BCUT2D eigenvalue weighted by atomic mass is 10.00. The number of aromatic nitrogens is 2. The Balaban J connectivity index is 1.80. The monoisotopic (exact) mass is 459 g/mol. The fraction of sp³-hybridized carbons (Fsp3) is 0.286. The second-order valence-electron chi connectivity index (χ2n) is 6.98. The maximum Gasteiger partial charge on any atom is 0.272 e. The van der Waals surface area contributed by atoms with E-state index in [2.05, 4.69) is 31.2 Å². The smallest absolute Gasteiger partial charge is 0.272 e. The van der Waals surface area contributed by atoms with Crippen LogP contribution in [0.15, 0.2) is 53.3 Å². The zero-order valence-electron chi connectivity index (χ0n) is 16.2. The fourth-order valence-corrected chi connectivity index (χ4v) is 3.76. The number of benzene rings is 1. The molecule has 3 aromatic rings. The van der Waals surface area contributed by atoms with Gasteiger partial charge in [-0.05, 0) is 78.9 Å². The first-order valence-electron chi connectivity index (χ1n) is 8.79. The van der Waals surface area contributed by atoms with Gasteiger partial charge in [-0.1, -0.05) is 6.07 Å². The molecule has 3 rings (SSSR count). The van der Waals surface area contributed by atoms with E-state index in [-0.39, 0.29) is 5.91 Å². The first-order valence-corrected chi connectivity index (χ1v) is 10.9. The van der Waals surface area contributed by atoms with E-state index >= 15 is 0 Å². The molecule has 0 spiro atoms. The van der Waals surface area contributed by atoms with Crippen LogP contribution >= 0.6 is 27.7 Å². The number of nitrogens with one attached hydrogen (secondary N) is 1. The van der Waals surface area contributed by atoms with Gasteiger partial charge in [0.2, 0.25) is 5.44 Å². The molecule has 1 unspecified atom stereocenters. The molecule has 2 aromatic heterocycles. The molecule has 146 valence electrons. The van der Waals surface area contributed by atoms with Crippen LogP contribution < -0.4 is 10.1 Å². The molecule has 1 amide bonds. The average molecular weight is 460 g/mol. The van der Waals surface area contributed by atoms with E-state index in [4.69, 9.17) is 4.74 Å². The van der Waals surface area contributed by atoms with Gasteiger partial charge in [-0.3, -0.25) is 14.8 Å². The van der Waals surface area contributed by atoms with Crippen LogP contribution in [0.25, 0.3) is 10.9 Å². The van der Waals surface area contributed by atoms with E-state index in [0.717, 1.165) is 26.6 Å². The molecule has 0 radical (unpaired) electrons. The van der Waals surface area contributed by atoms with Crippen molar-refractivity contribution < 1.29 is 9.53 Å². The third-order valence-electron chi connectivity index (χ3n) is 4.33. The number of thioether (sulfide) groups is 1. The first-order chi connectivity index (χ1) is 13.3. The number of carbonyl (C=O) groups is 1. The Morgan fingerprint density at radius 3 is 2.71 bits per heavy atom. The van der Waals surface area contributed by atoms with Crippen molar-refractivity contribution in [3.8, 4) is 5.75 Å². The first kappa shape index (κ1) is 20.6. The van der Waals surface area contributed by atoms with E-state index in [1.54, 1.807) is 12.4 Å². The highest BCUT2D eigenvalue weighted by Crippen LogP contribution is 2.28. The summed E-state index contributed by atoms with van der Waals surface area (Å²) in [5, 5.41) is 3.99. The highest BCUT2D eigenvalue weighted by molar-refractivity contribution is 9.10. The van der Waals surface area contributed by atoms with E-state index in [1.165, 1.54) is 11.8 Å². The molecular weight excluding hydrogens is 438 g/mol. The van der Waals surface area contributed by atoms with Crippen molar-refractivity contribution in [2.24, 2.45) is 0 Å². The number of halogens is 1. The van der Waals surface area contributed by atoms with Crippen LogP contribution in [0.1, 0.15) is 25.1 Å². The predicted octanol–water partition coefficient (Wildman–Crippen LogP) is 4.82. The molecule has 2 heterocycles. The van der Waals surface area contributed by atoms with Crippen LogP contribution in [0.4, 0.5) is 0 Å². The van der Waals surface area contributed by atoms with Crippen LogP contribution in [0.2, 0.25) is 0 Å². The number of pyridine rings is 2. The molecular formula is C21H22BrN3O2S. The van der Waals surface area contributed by atoms with Gasteiger partial charge in [0.1, 0.15) is 5.75 Å². The molecule has 0 fully saturated rings. The number of hydrogen-bond acceptors (Lipinski definition) is 5. The Morgan fingerprint density at radius 2 is 2.04 bits per heavy atom. The summed E-state index contributed by atoms with van der Waals surface area (Å²) in [6.45, 7) is 5.83. The summed E-state index contributed by atoms with van der Waals surface area (Å²) < 4.78 is 6.92. The maximum atomic E-state index is 12.9. The average Bonchev–Trinajstić information content (AvgIpc) is 2.66. The summed E-state index contributed by atoms with van der Waals surface area (Å²) in [7, 11) is 0. The van der Waals surface area contributed by atoms with Gasteiger partial charge in [0.15, 0.2) is 0 Å². The summed E-state index contributed by atoms with van der Waals surface area (Å²) >= 11 is 4.79. The summed E-state index contributed by atoms with van der Waals surface area (Å²) in [4.78, 5) is 21.7. The maximum absolute atomic E-state index is 12.9. The molecule has 0 bridgehead atoms. The van der Waals surface area contributed by atoms with Gasteiger partial charge >= 0.3 is 0 Å². The van der Waals surface area contributed by atoms with Crippen LogP contribution in [-0.4, -0.2) is 27.6 Å². The Bertz CT molecular complexity index is 996. The largest absolute Gasteiger partial charge is 0.470 e. The number of fused-ring (bicyclic) bond motifs is 1. The molecule has 5 nitrogen and oxygen atoms in total. The number of hydrogen-bond donors (Lipinski definition) is 1. The van der Waals surface area contributed by atoms with E-state index in [1.807, 2.05) is 63.4 Å². The Labute approximate surface area is 177 Å². The Hall–Kier alpha value is -2.12. The normalized spacial score (nSPS) is 12.6. The summed E-state index contributed by atoms with van der Waals surface area (Å²) in [5.41, 5.74) is 1.41. The Kier molecular flexibility index (Phi) is 6.25. The molecule has 7 heteroatoms. The van der Waals surface area contributed by atoms with Crippen molar-refractivity contribution in [3.05, 3.63) is 64.5 Å². The highest BCUT2D eigenvalue weighted by Gasteiger charge is 2.29. The van der Waals surface area contributed by atoms with Gasteiger partial charge in [-0.25, -0.2) is 0 Å². The minimum Gasteiger partial charge on any atom is -0.470 e. The van der Waals surface area contributed by atoms with E-state index in [9.17, 15) is 4.79 Å². The van der Waals surface area contributed by atoms with Crippen LogP contribution in [0.5, 0.6) is 5.75 Å². The molecule has 0 aliphatic rings. The number of aryl methyl sites for hydroxylation is 1. The quantitative estimate of drug-likeness (QED) is 0.535. The fourth-order valence-electron chi connectivity index (χ4n) is 2.93. The van der Waals surface area contributed by atoms with Crippen molar-refractivity contribution in [1.29, 1.82) is 0 Å². The summed E-state index contributed by atoms with van der Waals surface area (Å²) in [6.07, 6.45) is 5.34. The van der Waals surface area contributed by atoms with E-state index in [0.29, 0.717) is 5.75 Å². The topological polar surface area (TPSA) is 64.1 Å². The zero-order chi connectivity index (χ0) is 20.3. The van der Waals surface area contributed by atoms with Crippen molar-refractivity contribution in [1.82, 2.24) is 15.3 Å². The number of carbonyl (C=O) groups excluding carboxylic acids is 1. The summed E-state index contributed by atoms with van der Waals surface area (Å²) in [6, 6.07) is 11.4. The van der Waals surface area contributed by atoms with Crippen molar-refractivity contribution in [3.63, 3.8) is 0 Å². The minimum atomic E-state index is -0.681. The number of rotatable bonds is 6. The standard InChI is InChI=1S/C21H22BrN3O2S/c1-13-9-16(11-14-10-15(22)12-24-18(13)14)27-20(28-4)19(26)25-21(2,3)17-7-5-6-8-23-17/h5-12,20H,1-4H3,(H,25,26). The number of ether oxygens (including phenoxy) is 1. The second kappa shape index (κ2) is 8.49. The second-order valence-corrected chi connectivity index (χ2v) is 8.80. The van der Waals surface area contributed by atoms with Gasteiger partial charge in [-0.15, -0.1) is 11.8 Å². The van der Waals surface area contributed by atoms with Gasteiger partial charge in [0.05, 0.1) is 16.7 Å². The Morgan fingerprint density at radius 1 is 1.25 bits per heavy atom. The van der Waals surface area contributed by atoms with Crippen LogP contribution in [0, 0.1) is 6.92 Å². The molecule has 1 N–H and O–H groups in total. The third kappa shape index (κ3) is 4.64. The van der Waals surface area contributed by atoms with Crippen molar-refractivity contribution in [2.75, 3.05) is 6.26 Å². The molecule has 28 heavy (non-hydrogen) atoms. The predicted molar refractivity (Wildman–Crippen MR) is 118 cm³/mol. The van der Waals surface area contributed by atoms with Crippen molar-refractivity contribution >= 4 is 44.5 Å². The number of nitrogens with zero attached hydrogens (tertiary/aromatic N) is 2.